The zero-order valence-electron chi connectivity index (χ0n) is 16.1. The first kappa shape index (κ1) is 18.9. The van der Waals surface area contributed by atoms with Crippen molar-refractivity contribution in [2.45, 2.75) is 20.3 Å². The van der Waals surface area contributed by atoms with E-state index < -0.39 is 0 Å². The second-order valence-corrected chi connectivity index (χ2v) is 8.23. The highest BCUT2D eigenvalue weighted by molar-refractivity contribution is 7.21. The van der Waals surface area contributed by atoms with E-state index in [0.29, 0.717) is 28.0 Å². The van der Waals surface area contributed by atoms with Crippen molar-refractivity contribution in [1.29, 1.82) is 0 Å². The maximum atomic E-state index is 12.8. The lowest BCUT2D eigenvalue weighted by Crippen LogP contribution is -2.13. The number of para-hydroxylation sites is 1. The first-order chi connectivity index (χ1) is 13.9. The summed E-state index contributed by atoms with van der Waals surface area (Å²) in [5.41, 5.74) is 7.99. The van der Waals surface area contributed by atoms with Crippen LogP contribution in [0.15, 0.2) is 53.3 Å². The van der Waals surface area contributed by atoms with Gasteiger partial charge in [-0.1, -0.05) is 32.0 Å². The molecule has 0 aliphatic heterocycles. The third-order valence-corrected chi connectivity index (χ3v) is 5.57. The molecule has 0 radical (unpaired) electrons. The molecule has 0 bridgehead atoms. The lowest BCUT2D eigenvalue weighted by atomic mass is 10.1. The standard InChI is InChI=1S/C21H21N5O2S/c1-12(2)10-13-8-9-15-18(22)19(29-21(15)23-13)20(28)24-16-11-17(27)26(25-16)14-6-4-3-5-7-14/h3-9,11-12,25H,10,22H2,1-2H3,(H,24,28). The van der Waals surface area contributed by atoms with E-state index in [2.05, 4.69) is 29.2 Å². The lowest BCUT2D eigenvalue weighted by molar-refractivity contribution is 0.103. The molecule has 29 heavy (non-hydrogen) atoms. The number of hydrogen-bond acceptors (Lipinski definition) is 5. The van der Waals surface area contributed by atoms with E-state index in [1.54, 1.807) is 12.1 Å². The smallest absolute Gasteiger partial charge is 0.273 e. The fraction of sp³-hybridized carbons (Fsp3) is 0.190. The molecular weight excluding hydrogens is 386 g/mol. The van der Waals surface area contributed by atoms with Gasteiger partial charge in [-0.05, 0) is 36.6 Å². The van der Waals surface area contributed by atoms with Crippen molar-refractivity contribution in [3.05, 3.63) is 69.5 Å². The van der Waals surface area contributed by atoms with Gasteiger partial charge in [0.15, 0.2) is 0 Å². The van der Waals surface area contributed by atoms with Crippen LogP contribution in [-0.4, -0.2) is 20.7 Å². The highest BCUT2D eigenvalue weighted by Crippen LogP contribution is 2.33. The van der Waals surface area contributed by atoms with E-state index in [4.69, 9.17) is 5.73 Å². The third-order valence-electron chi connectivity index (χ3n) is 4.46. The number of fused-ring (bicyclic) bond motifs is 1. The van der Waals surface area contributed by atoms with Gasteiger partial charge in [-0.2, -0.15) is 0 Å². The van der Waals surface area contributed by atoms with Crippen LogP contribution in [-0.2, 0) is 6.42 Å². The molecule has 1 amide bonds. The topological polar surface area (TPSA) is 106 Å². The number of nitrogens with zero attached hydrogens (tertiary/aromatic N) is 2. The summed E-state index contributed by atoms with van der Waals surface area (Å²) < 4.78 is 1.36. The van der Waals surface area contributed by atoms with Crippen molar-refractivity contribution < 1.29 is 4.79 Å². The number of aromatic amines is 1. The Bertz CT molecular complexity index is 1240. The van der Waals surface area contributed by atoms with E-state index in [9.17, 15) is 9.59 Å². The molecule has 0 aliphatic carbocycles. The Morgan fingerprint density at radius 2 is 2.00 bits per heavy atom. The minimum atomic E-state index is -0.377. The number of aromatic nitrogens is 3. The van der Waals surface area contributed by atoms with Gasteiger partial charge < -0.3 is 11.1 Å². The summed E-state index contributed by atoms with van der Waals surface area (Å²) in [4.78, 5) is 30.8. The molecule has 0 spiro atoms. The number of thiophene rings is 1. The summed E-state index contributed by atoms with van der Waals surface area (Å²) in [5, 5.41) is 6.39. The van der Waals surface area contributed by atoms with Gasteiger partial charge in [0.05, 0.1) is 11.4 Å². The van der Waals surface area contributed by atoms with Crippen molar-refractivity contribution in [1.82, 2.24) is 14.8 Å². The number of hydrogen-bond donors (Lipinski definition) is 3. The summed E-state index contributed by atoms with van der Waals surface area (Å²) in [5.74, 6) is 0.414. The molecule has 8 heteroatoms. The summed E-state index contributed by atoms with van der Waals surface area (Å²) in [6.45, 7) is 4.27. The molecule has 4 rings (SSSR count). The van der Waals surface area contributed by atoms with Crippen LogP contribution < -0.4 is 16.6 Å². The van der Waals surface area contributed by atoms with E-state index in [0.717, 1.165) is 22.3 Å². The van der Waals surface area contributed by atoms with Crippen LogP contribution in [0, 0.1) is 5.92 Å². The van der Waals surface area contributed by atoms with Gasteiger partial charge in [0.2, 0.25) is 0 Å². The third kappa shape index (κ3) is 3.79. The average Bonchev–Trinajstić information content (AvgIpc) is 3.21. The highest BCUT2D eigenvalue weighted by Gasteiger charge is 2.19. The van der Waals surface area contributed by atoms with Gasteiger partial charge in [0, 0.05) is 17.1 Å². The monoisotopic (exact) mass is 407 g/mol. The van der Waals surface area contributed by atoms with Crippen LogP contribution in [0.2, 0.25) is 0 Å². The molecule has 0 saturated carbocycles. The van der Waals surface area contributed by atoms with Gasteiger partial charge in [-0.15, -0.1) is 11.3 Å². The number of anilines is 2. The Morgan fingerprint density at radius 1 is 1.24 bits per heavy atom. The number of rotatable bonds is 5. The zero-order valence-corrected chi connectivity index (χ0v) is 16.9. The molecule has 1 aromatic carbocycles. The summed E-state index contributed by atoms with van der Waals surface area (Å²) in [7, 11) is 0. The van der Waals surface area contributed by atoms with E-state index in [-0.39, 0.29) is 11.5 Å². The quantitative estimate of drug-likeness (QED) is 0.468. The van der Waals surface area contributed by atoms with Crippen molar-refractivity contribution >= 4 is 39.0 Å². The SMILES string of the molecule is CC(C)Cc1ccc2c(N)c(C(=O)Nc3cc(=O)n(-c4ccccc4)[nH]3)sc2n1. The van der Waals surface area contributed by atoms with Gasteiger partial charge in [0.25, 0.3) is 11.5 Å². The highest BCUT2D eigenvalue weighted by atomic mass is 32.1. The maximum Gasteiger partial charge on any atom is 0.273 e. The number of nitrogen functional groups attached to an aromatic ring is 1. The Hall–Kier alpha value is -3.39. The lowest BCUT2D eigenvalue weighted by Gasteiger charge is -2.03. The Balaban J connectivity index is 1.61. The maximum absolute atomic E-state index is 12.8. The first-order valence-corrected chi connectivity index (χ1v) is 10.1. The Labute approximate surface area is 171 Å². The van der Waals surface area contributed by atoms with Crippen LogP contribution in [0.5, 0.6) is 0 Å². The molecular formula is C21H21N5O2S. The van der Waals surface area contributed by atoms with E-state index in [1.165, 1.54) is 22.1 Å². The largest absolute Gasteiger partial charge is 0.397 e. The van der Waals surface area contributed by atoms with Gasteiger partial charge in [-0.25, -0.2) is 9.67 Å². The second kappa shape index (κ2) is 7.56. The number of nitrogens with one attached hydrogen (secondary N) is 2. The summed E-state index contributed by atoms with van der Waals surface area (Å²) in [6, 6.07) is 14.3. The van der Waals surface area contributed by atoms with Gasteiger partial charge in [-0.3, -0.25) is 14.7 Å². The predicted molar refractivity (Wildman–Crippen MR) is 117 cm³/mol. The average molecular weight is 407 g/mol. The molecule has 4 N–H and O–H groups in total. The number of H-pyrrole nitrogens is 1. The van der Waals surface area contributed by atoms with Gasteiger partial charge in [0.1, 0.15) is 15.5 Å². The number of carbonyl (C=O) groups is 1. The molecule has 3 aromatic heterocycles. The fourth-order valence-corrected chi connectivity index (χ4v) is 4.15. The van der Waals surface area contributed by atoms with Crippen molar-refractivity contribution in [3.8, 4) is 5.69 Å². The van der Waals surface area contributed by atoms with Crippen molar-refractivity contribution in [3.63, 3.8) is 0 Å². The first-order valence-electron chi connectivity index (χ1n) is 9.29. The van der Waals surface area contributed by atoms with Crippen LogP contribution in [0.3, 0.4) is 0 Å². The van der Waals surface area contributed by atoms with Crippen LogP contribution in [0.25, 0.3) is 15.9 Å². The molecule has 3 heterocycles. The minimum absolute atomic E-state index is 0.268. The number of carbonyl (C=O) groups excluding carboxylic acids is 1. The Morgan fingerprint density at radius 3 is 2.72 bits per heavy atom. The molecule has 0 unspecified atom stereocenters. The molecule has 7 nitrogen and oxygen atoms in total. The number of benzene rings is 1. The second-order valence-electron chi connectivity index (χ2n) is 7.23. The number of pyridine rings is 1. The van der Waals surface area contributed by atoms with Crippen molar-refractivity contribution in [2.75, 3.05) is 11.1 Å². The molecule has 148 valence electrons. The Kier molecular flexibility index (Phi) is 4.94. The normalized spacial score (nSPS) is 11.3. The van der Waals surface area contributed by atoms with Crippen molar-refractivity contribution in [2.24, 2.45) is 5.92 Å². The molecule has 0 aliphatic rings. The summed E-state index contributed by atoms with van der Waals surface area (Å²) in [6.07, 6.45) is 0.865. The molecule has 0 atom stereocenters. The zero-order chi connectivity index (χ0) is 20.5. The van der Waals surface area contributed by atoms with E-state index in [1.807, 2.05) is 30.3 Å². The molecule has 0 saturated heterocycles. The number of amides is 1. The van der Waals surface area contributed by atoms with Gasteiger partial charge >= 0.3 is 0 Å². The number of nitrogens with two attached hydrogens (primary N) is 1. The predicted octanol–water partition coefficient (Wildman–Crippen LogP) is 3.81. The van der Waals surface area contributed by atoms with Crippen LogP contribution in [0.4, 0.5) is 11.5 Å². The fourth-order valence-electron chi connectivity index (χ4n) is 3.14. The van der Waals surface area contributed by atoms with Crippen LogP contribution in [0.1, 0.15) is 29.2 Å². The van der Waals surface area contributed by atoms with Crippen LogP contribution >= 0.6 is 11.3 Å². The summed E-state index contributed by atoms with van der Waals surface area (Å²) >= 11 is 1.25. The van der Waals surface area contributed by atoms with E-state index >= 15 is 0 Å². The molecule has 0 fully saturated rings. The minimum Gasteiger partial charge on any atom is -0.397 e. The molecule has 4 aromatic rings.